The Bertz CT molecular complexity index is 261. The lowest BCUT2D eigenvalue weighted by atomic mass is 10.2. The SMILES string of the molecule is CSCCC(C)Nc1ccc(N)cn1. The number of thioether (sulfide) groups is 1. The third kappa shape index (κ3) is 3.87. The minimum Gasteiger partial charge on any atom is -0.397 e. The molecule has 4 heteroatoms. The first kappa shape index (κ1) is 11.2. The zero-order chi connectivity index (χ0) is 10.4. The second kappa shape index (κ2) is 5.75. The van der Waals surface area contributed by atoms with Gasteiger partial charge < -0.3 is 11.1 Å². The van der Waals surface area contributed by atoms with Gasteiger partial charge in [-0.2, -0.15) is 11.8 Å². The number of rotatable bonds is 5. The van der Waals surface area contributed by atoms with Gasteiger partial charge in [0, 0.05) is 6.04 Å². The number of hydrogen-bond acceptors (Lipinski definition) is 4. The zero-order valence-electron chi connectivity index (χ0n) is 8.66. The second-order valence-electron chi connectivity index (χ2n) is 3.30. The highest BCUT2D eigenvalue weighted by Gasteiger charge is 2.01. The van der Waals surface area contributed by atoms with E-state index < -0.39 is 0 Å². The molecular formula is C10H17N3S. The van der Waals surface area contributed by atoms with Gasteiger partial charge in [-0.05, 0) is 37.5 Å². The summed E-state index contributed by atoms with van der Waals surface area (Å²) in [4.78, 5) is 4.18. The van der Waals surface area contributed by atoms with Gasteiger partial charge in [-0.15, -0.1) is 0 Å². The summed E-state index contributed by atoms with van der Waals surface area (Å²) in [5.41, 5.74) is 6.25. The molecule has 0 fully saturated rings. The average molecular weight is 211 g/mol. The number of nitrogens with zero attached hydrogens (tertiary/aromatic N) is 1. The van der Waals surface area contributed by atoms with E-state index >= 15 is 0 Å². The lowest BCUT2D eigenvalue weighted by Crippen LogP contribution is -2.16. The van der Waals surface area contributed by atoms with E-state index in [1.807, 2.05) is 23.9 Å². The van der Waals surface area contributed by atoms with Crippen LogP contribution in [0, 0.1) is 0 Å². The zero-order valence-corrected chi connectivity index (χ0v) is 9.47. The number of pyridine rings is 1. The van der Waals surface area contributed by atoms with Crippen molar-refractivity contribution in [3.05, 3.63) is 18.3 Å². The van der Waals surface area contributed by atoms with Crippen LogP contribution < -0.4 is 11.1 Å². The van der Waals surface area contributed by atoms with Crippen LogP contribution >= 0.6 is 11.8 Å². The maximum atomic E-state index is 5.54. The Morgan fingerprint density at radius 2 is 2.36 bits per heavy atom. The molecule has 0 amide bonds. The highest BCUT2D eigenvalue weighted by atomic mass is 32.2. The van der Waals surface area contributed by atoms with Gasteiger partial charge in [-0.3, -0.25) is 0 Å². The molecule has 0 bridgehead atoms. The molecule has 1 unspecified atom stereocenters. The standard InChI is InChI=1S/C10H17N3S/c1-8(5-6-14-2)13-10-4-3-9(11)7-12-10/h3-4,7-8H,5-6,11H2,1-2H3,(H,12,13). The Labute approximate surface area is 89.5 Å². The van der Waals surface area contributed by atoms with E-state index in [0.29, 0.717) is 11.7 Å². The number of nitrogens with one attached hydrogen (secondary N) is 1. The largest absolute Gasteiger partial charge is 0.397 e. The Morgan fingerprint density at radius 1 is 1.57 bits per heavy atom. The summed E-state index contributed by atoms with van der Waals surface area (Å²) in [6.45, 7) is 2.16. The Balaban J connectivity index is 2.39. The summed E-state index contributed by atoms with van der Waals surface area (Å²) in [5.74, 6) is 2.07. The van der Waals surface area contributed by atoms with Crippen molar-refractivity contribution in [2.45, 2.75) is 19.4 Å². The van der Waals surface area contributed by atoms with Crippen LogP contribution in [0.25, 0.3) is 0 Å². The van der Waals surface area contributed by atoms with Crippen LogP contribution in [0.3, 0.4) is 0 Å². The quantitative estimate of drug-likeness (QED) is 0.784. The highest BCUT2D eigenvalue weighted by Crippen LogP contribution is 2.09. The maximum Gasteiger partial charge on any atom is 0.126 e. The van der Waals surface area contributed by atoms with Gasteiger partial charge in [0.2, 0.25) is 0 Å². The fourth-order valence-corrected chi connectivity index (χ4v) is 1.70. The summed E-state index contributed by atoms with van der Waals surface area (Å²) in [7, 11) is 0. The monoisotopic (exact) mass is 211 g/mol. The predicted octanol–water partition coefficient (Wildman–Crippen LogP) is 2.22. The first-order chi connectivity index (χ1) is 6.72. The minimum absolute atomic E-state index is 0.457. The van der Waals surface area contributed by atoms with Crippen LogP contribution in [0.5, 0.6) is 0 Å². The smallest absolute Gasteiger partial charge is 0.126 e. The summed E-state index contributed by atoms with van der Waals surface area (Å²) in [6, 6.07) is 4.22. The van der Waals surface area contributed by atoms with E-state index in [0.717, 1.165) is 12.2 Å². The molecular weight excluding hydrogens is 194 g/mol. The summed E-state index contributed by atoms with van der Waals surface area (Å²) in [5, 5.41) is 3.32. The maximum absolute atomic E-state index is 5.54. The van der Waals surface area contributed by atoms with E-state index in [4.69, 9.17) is 5.73 Å². The van der Waals surface area contributed by atoms with Crippen molar-refractivity contribution in [2.24, 2.45) is 0 Å². The number of anilines is 2. The van der Waals surface area contributed by atoms with Crippen molar-refractivity contribution in [3.63, 3.8) is 0 Å². The van der Waals surface area contributed by atoms with Crippen LogP contribution in [-0.4, -0.2) is 23.0 Å². The number of nitrogen functional groups attached to an aromatic ring is 1. The first-order valence-corrected chi connectivity index (χ1v) is 6.08. The Morgan fingerprint density at radius 3 is 2.93 bits per heavy atom. The molecule has 0 saturated carbocycles. The number of hydrogen-bond donors (Lipinski definition) is 2. The van der Waals surface area contributed by atoms with Crippen LogP contribution in [-0.2, 0) is 0 Å². The Hall–Kier alpha value is -0.900. The fourth-order valence-electron chi connectivity index (χ4n) is 1.11. The van der Waals surface area contributed by atoms with Crippen molar-refractivity contribution < 1.29 is 0 Å². The lowest BCUT2D eigenvalue weighted by Gasteiger charge is -2.13. The van der Waals surface area contributed by atoms with Crippen molar-refractivity contribution in [3.8, 4) is 0 Å². The van der Waals surface area contributed by atoms with E-state index in [2.05, 4.69) is 23.5 Å². The molecule has 14 heavy (non-hydrogen) atoms. The minimum atomic E-state index is 0.457. The second-order valence-corrected chi connectivity index (χ2v) is 4.29. The third-order valence-electron chi connectivity index (χ3n) is 1.94. The predicted molar refractivity (Wildman–Crippen MR) is 64.7 cm³/mol. The molecule has 0 spiro atoms. The van der Waals surface area contributed by atoms with Gasteiger partial charge in [0.25, 0.3) is 0 Å². The fraction of sp³-hybridized carbons (Fsp3) is 0.500. The molecule has 1 aromatic rings. The topological polar surface area (TPSA) is 50.9 Å². The molecule has 0 aromatic carbocycles. The Kier molecular flexibility index (Phi) is 4.59. The van der Waals surface area contributed by atoms with Gasteiger partial charge in [-0.25, -0.2) is 4.98 Å². The van der Waals surface area contributed by atoms with E-state index in [9.17, 15) is 0 Å². The van der Waals surface area contributed by atoms with Crippen molar-refractivity contribution in [1.29, 1.82) is 0 Å². The molecule has 78 valence electrons. The van der Waals surface area contributed by atoms with Gasteiger partial charge in [0.15, 0.2) is 0 Å². The van der Waals surface area contributed by atoms with Crippen LogP contribution in [0.2, 0.25) is 0 Å². The number of aromatic nitrogens is 1. The highest BCUT2D eigenvalue weighted by molar-refractivity contribution is 7.98. The molecule has 0 aliphatic heterocycles. The van der Waals surface area contributed by atoms with Crippen molar-refractivity contribution in [1.82, 2.24) is 4.98 Å². The van der Waals surface area contributed by atoms with Crippen molar-refractivity contribution in [2.75, 3.05) is 23.1 Å². The third-order valence-corrected chi connectivity index (χ3v) is 2.58. The molecule has 1 heterocycles. The average Bonchev–Trinajstić information content (AvgIpc) is 2.18. The normalized spacial score (nSPS) is 12.4. The molecule has 0 aliphatic carbocycles. The van der Waals surface area contributed by atoms with Crippen LogP contribution in [0.15, 0.2) is 18.3 Å². The van der Waals surface area contributed by atoms with Gasteiger partial charge in [0.1, 0.15) is 5.82 Å². The molecule has 0 radical (unpaired) electrons. The summed E-state index contributed by atoms with van der Waals surface area (Å²) < 4.78 is 0. The van der Waals surface area contributed by atoms with Gasteiger partial charge in [-0.1, -0.05) is 0 Å². The van der Waals surface area contributed by atoms with Crippen molar-refractivity contribution >= 4 is 23.3 Å². The molecule has 3 nitrogen and oxygen atoms in total. The molecule has 0 aliphatic rings. The molecule has 1 atom stereocenters. The summed E-state index contributed by atoms with van der Waals surface area (Å²) >= 11 is 1.86. The number of nitrogens with two attached hydrogens (primary N) is 1. The lowest BCUT2D eigenvalue weighted by molar-refractivity contribution is 0.767. The summed E-state index contributed by atoms with van der Waals surface area (Å²) in [6.07, 6.45) is 4.94. The van der Waals surface area contributed by atoms with Crippen LogP contribution in [0.4, 0.5) is 11.5 Å². The van der Waals surface area contributed by atoms with Gasteiger partial charge >= 0.3 is 0 Å². The van der Waals surface area contributed by atoms with E-state index in [1.54, 1.807) is 6.20 Å². The molecule has 3 N–H and O–H groups in total. The first-order valence-electron chi connectivity index (χ1n) is 4.69. The molecule has 1 aromatic heterocycles. The van der Waals surface area contributed by atoms with Gasteiger partial charge in [0.05, 0.1) is 11.9 Å². The van der Waals surface area contributed by atoms with E-state index in [-0.39, 0.29) is 0 Å². The molecule has 1 rings (SSSR count). The van der Waals surface area contributed by atoms with Crippen LogP contribution in [0.1, 0.15) is 13.3 Å². The van der Waals surface area contributed by atoms with E-state index in [1.165, 1.54) is 5.75 Å². The molecule has 0 saturated heterocycles.